The fourth-order valence-corrected chi connectivity index (χ4v) is 0.940. The summed E-state index contributed by atoms with van der Waals surface area (Å²) < 4.78 is 20.3. The molecular weight excluding hydrogens is 208 g/mol. The average molecular weight is 213 g/mol. The molecule has 0 spiro atoms. The first kappa shape index (κ1) is 11.0. The van der Waals surface area contributed by atoms with E-state index >= 15 is 0 Å². The van der Waals surface area contributed by atoms with Gasteiger partial charge in [-0.1, -0.05) is 0 Å². The summed E-state index contributed by atoms with van der Waals surface area (Å²) in [4.78, 5) is 20.6. The third-order valence-corrected chi connectivity index (χ3v) is 1.82. The predicted octanol–water partition coefficient (Wildman–Crippen LogP) is -1.70. The number of hydrazine groups is 1. The van der Waals surface area contributed by atoms with Crippen LogP contribution in [0.2, 0.25) is 0 Å². The standard InChI is InChI=1S/C2H6N4O4S2/c3-1(7)5(11)6(2(4)8)12(9)10/h11H,(H2,3,7)(H2,4,8)(H,9,10)/p-1. The molecule has 0 heterocycles. The largest absolute Gasteiger partial charge is 0.754 e. The summed E-state index contributed by atoms with van der Waals surface area (Å²) in [7, 11) is 0. The molecule has 70 valence electrons. The molecule has 0 rings (SSSR count). The van der Waals surface area contributed by atoms with Crippen molar-refractivity contribution in [1.82, 2.24) is 8.83 Å². The summed E-state index contributed by atoms with van der Waals surface area (Å²) in [6.07, 6.45) is 0. The molecule has 0 aromatic rings. The van der Waals surface area contributed by atoms with E-state index in [1.165, 1.54) is 0 Å². The molecule has 4 N–H and O–H groups in total. The van der Waals surface area contributed by atoms with Crippen LogP contribution in [0.15, 0.2) is 0 Å². The molecule has 4 amide bonds. The molecule has 0 aliphatic rings. The fraction of sp³-hybridized carbons (Fsp3) is 0. The average Bonchev–Trinajstić information content (AvgIpc) is 1.85. The lowest BCUT2D eigenvalue weighted by Gasteiger charge is -2.27. The van der Waals surface area contributed by atoms with Gasteiger partial charge in [0.2, 0.25) is 0 Å². The highest BCUT2D eigenvalue weighted by Gasteiger charge is 2.20. The highest BCUT2D eigenvalue weighted by Crippen LogP contribution is 2.02. The van der Waals surface area contributed by atoms with Crippen molar-refractivity contribution >= 4 is 36.1 Å². The summed E-state index contributed by atoms with van der Waals surface area (Å²) in [5.41, 5.74) is 9.17. The second-order valence-corrected chi connectivity index (χ2v) is 2.61. The second kappa shape index (κ2) is 4.13. The van der Waals surface area contributed by atoms with Gasteiger partial charge in [-0.15, -0.1) is 4.41 Å². The molecule has 0 aliphatic heterocycles. The van der Waals surface area contributed by atoms with Crippen LogP contribution in [0.25, 0.3) is 0 Å². The van der Waals surface area contributed by atoms with Crippen LogP contribution in [0.5, 0.6) is 0 Å². The Labute approximate surface area is 75.4 Å². The van der Waals surface area contributed by atoms with Crippen molar-refractivity contribution in [2.24, 2.45) is 11.5 Å². The SMILES string of the molecule is NC(=O)N(S)N(C(N)=O)S(=O)[O-]. The maximum atomic E-state index is 10.3. The van der Waals surface area contributed by atoms with Gasteiger partial charge in [0.25, 0.3) is 0 Å². The maximum Gasteiger partial charge on any atom is 0.346 e. The van der Waals surface area contributed by atoms with Gasteiger partial charge in [-0.25, -0.2) is 13.8 Å². The first-order chi connectivity index (χ1) is 5.37. The molecular formula is C2H5N4O4S2-. The normalized spacial score (nSPS) is 11.8. The third kappa shape index (κ3) is 2.56. The number of carbonyl (C=O) groups excluding carboxylic acids is 2. The lowest BCUT2D eigenvalue weighted by Crippen LogP contribution is -2.49. The molecule has 0 aromatic heterocycles. The number of amides is 4. The minimum absolute atomic E-state index is 0.0610. The smallest absolute Gasteiger partial charge is 0.346 e. The van der Waals surface area contributed by atoms with Crippen molar-refractivity contribution in [3.05, 3.63) is 0 Å². The summed E-state index contributed by atoms with van der Waals surface area (Å²) in [5, 5.41) is 0. The Hall–Kier alpha value is -1.00. The van der Waals surface area contributed by atoms with Gasteiger partial charge < -0.3 is 16.0 Å². The molecule has 0 bridgehead atoms. The van der Waals surface area contributed by atoms with Crippen LogP contribution in [0.4, 0.5) is 9.59 Å². The number of hydrogen-bond acceptors (Lipinski definition) is 5. The van der Waals surface area contributed by atoms with Gasteiger partial charge in [-0.2, -0.15) is 4.41 Å². The fourth-order valence-electron chi connectivity index (χ4n) is 0.319. The Morgan fingerprint density at radius 1 is 1.33 bits per heavy atom. The predicted molar refractivity (Wildman–Crippen MR) is 40.8 cm³/mol. The number of hydrogen-bond donors (Lipinski definition) is 3. The Balaban J connectivity index is 4.63. The van der Waals surface area contributed by atoms with Crippen LogP contribution in [0, 0.1) is 0 Å². The second-order valence-electron chi connectivity index (χ2n) is 1.46. The lowest BCUT2D eigenvalue weighted by molar-refractivity contribution is 0.174. The summed E-state index contributed by atoms with van der Waals surface area (Å²) in [5.74, 6) is 0. The van der Waals surface area contributed by atoms with E-state index < -0.39 is 23.3 Å². The molecule has 0 aromatic carbocycles. The molecule has 0 radical (unpaired) electrons. The quantitative estimate of drug-likeness (QED) is 0.272. The highest BCUT2D eigenvalue weighted by atomic mass is 32.2. The van der Waals surface area contributed by atoms with E-state index in [9.17, 15) is 18.4 Å². The molecule has 0 saturated heterocycles. The monoisotopic (exact) mass is 213 g/mol. The topological polar surface area (TPSA) is 133 Å². The lowest BCUT2D eigenvalue weighted by atomic mass is 11.0. The van der Waals surface area contributed by atoms with Gasteiger partial charge >= 0.3 is 12.1 Å². The first-order valence-corrected chi connectivity index (χ1v) is 3.78. The van der Waals surface area contributed by atoms with Crippen molar-refractivity contribution in [3.8, 4) is 0 Å². The van der Waals surface area contributed by atoms with Crippen molar-refractivity contribution < 1.29 is 18.4 Å². The number of urea groups is 2. The number of nitrogens with two attached hydrogens (primary N) is 2. The zero-order valence-electron chi connectivity index (χ0n) is 5.54. The molecule has 8 nitrogen and oxygen atoms in total. The highest BCUT2D eigenvalue weighted by molar-refractivity contribution is 7.81. The van der Waals surface area contributed by atoms with Crippen LogP contribution < -0.4 is 11.5 Å². The summed E-state index contributed by atoms with van der Waals surface area (Å²) in [6.45, 7) is 0. The number of thiol groups is 1. The van der Waals surface area contributed by atoms with Crippen LogP contribution in [0.3, 0.4) is 0 Å². The summed E-state index contributed by atoms with van der Waals surface area (Å²) in [6, 6.07) is -2.64. The van der Waals surface area contributed by atoms with Crippen molar-refractivity contribution in [2.75, 3.05) is 0 Å². The van der Waals surface area contributed by atoms with E-state index in [-0.39, 0.29) is 8.83 Å². The van der Waals surface area contributed by atoms with Crippen molar-refractivity contribution in [2.45, 2.75) is 0 Å². The van der Waals surface area contributed by atoms with Crippen LogP contribution >= 0.6 is 12.8 Å². The van der Waals surface area contributed by atoms with Crippen molar-refractivity contribution in [1.29, 1.82) is 0 Å². The van der Waals surface area contributed by atoms with Crippen LogP contribution in [-0.4, -0.2) is 29.7 Å². The molecule has 0 fully saturated rings. The minimum atomic E-state index is -3.03. The molecule has 12 heavy (non-hydrogen) atoms. The van der Waals surface area contributed by atoms with Gasteiger partial charge in [0.1, 0.15) is 0 Å². The molecule has 1 atom stereocenters. The zero-order valence-corrected chi connectivity index (χ0v) is 7.25. The van der Waals surface area contributed by atoms with Gasteiger partial charge in [-0.3, -0.25) is 0 Å². The first-order valence-electron chi connectivity index (χ1n) is 2.35. The van der Waals surface area contributed by atoms with E-state index in [4.69, 9.17) is 0 Å². The summed E-state index contributed by atoms with van der Waals surface area (Å²) >= 11 is 0.263. The Kier molecular flexibility index (Phi) is 3.79. The third-order valence-electron chi connectivity index (χ3n) is 0.699. The van der Waals surface area contributed by atoms with Crippen LogP contribution in [0.1, 0.15) is 0 Å². The minimum Gasteiger partial charge on any atom is -0.754 e. The number of primary amides is 2. The number of carbonyl (C=O) groups is 2. The molecule has 10 heteroatoms. The van der Waals surface area contributed by atoms with E-state index in [0.29, 0.717) is 0 Å². The van der Waals surface area contributed by atoms with E-state index in [2.05, 4.69) is 24.3 Å². The zero-order chi connectivity index (χ0) is 9.89. The molecule has 0 aliphatic carbocycles. The molecule has 0 saturated carbocycles. The number of nitrogens with zero attached hydrogens (tertiary/aromatic N) is 2. The Morgan fingerprint density at radius 2 is 1.75 bits per heavy atom. The van der Waals surface area contributed by atoms with Gasteiger partial charge in [0.05, 0.1) is 11.3 Å². The maximum absolute atomic E-state index is 10.3. The van der Waals surface area contributed by atoms with Crippen LogP contribution in [-0.2, 0) is 11.3 Å². The van der Waals surface area contributed by atoms with Gasteiger partial charge in [0.15, 0.2) is 0 Å². The Morgan fingerprint density at radius 3 is 1.83 bits per heavy atom. The van der Waals surface area contributed by atoms with Crippen molar-refractivity contribution in [3.63, 3.8) is 0 Å². The molecule has 1 unspecified atom stereocenters. The van der Waals surface area contributed by atoms with Gasteiger partial charge in [-0.05, 0) is 12.8 Å². The van der Waals surface area contributed by atoms with Gasteiger partial charge in [0, 0.05) is 0 Å². The van der Waals surface area contributed by atoms with E-state index in [1.807, 2.05) is 0 Å². The number of rotatable bonds is 1. The van der Waals surface area contributed by atoms with E-state index in [0.717, 1.165) is 0 Å². The Bertz CT molecular complexity index is 217. The van der Waals surface area contributed by atoms with E-state index in [1.54, 1.807) is 0 Å².